The highest BCUT2D eigenvalue weighted by atomic mass is 16.3. The topological polar surface area (TPSA) is 48.7 Å². The Labute approximate surface area is 208 Å². The minimum Gasteiger partial charge on any atom is -0.384 e. The van der Waals surface area contributed by atoms with Gasteiger partial charge >= 0.3 is 0 Å². The van der Waals surface area contributed by atoms with E-state index in [4.69, 9.17) is 9.98 Å². The fourth-order valence-electron chi connectivity index (χ4n) is 6.43. The van der Waals surface area contributed by atoms with Crippen molar-refractivity contribution in [3.05, 3.63) is 102 Å². The Morgan fingerprint density at radius 1 is 0.914 bits per heavy atom. The molecule has 35 heavy (non-hydrogen) atoms. The number of pyridine rings is 1. The van der Waals surface area contributed by atoms with Crippen molar-refractivity contribution in [2.75, 3.05) is 13.1 Å². The molecule has 3 aliphatic rings. The van der Waals surface area contributed by atoms with E-state index in [0.29, 0.717) is 0 Å². The Bertz CT molecular complexity index is 1270. The van der Waals surface area contributed by atoms with Crippen LogP contribution >= 0.6 is 0 Å². The number of hydrogen-bond acceptors (Lipinski definition) is 4. The molecule has 3 atom stereocenters. The van der Waals surface area contributed by atoms with Gasteiger partial charge in [0.25, 0.3) is 0 Å². The fourth-order valence-corrected chi connectivity index (χ4v) is 6.43. The number of hydrogen-bond donors (Lipinski definition) is 1. The number of piperidine rings is 1. The third-order valence-electron chi connectivity index (χ3n) is 8.28. The monoisotopic (exact) mass is 463 g/mol. The molecule has 4 nitrogen and oxygen atoms in total. The average Bonchev–Trinajstić information content (AvgIpc) is 3.30. The summed E-state index contributed by atoms with van der Waals surface area (Å²) < 4.78 is 0. The van der Waals surface area contributed by atoms with Crippen LogP contribution in [0.4, 0.5) is 0 Å². The van der Waals surface area contributed by atoms with E-state index < -0.39 is 11.1 Å². The zero-order chi connectivity index (χ0) is 24.0. The van der Waals surface area contributed by atoms with E-state index in [9.17, 15) is 5.11 Å². The molecule has 2 aliphatic heterocycles. The smallest absolute Gasteiger partial charge is 0.118 e. The van der Waals surface area contributed by atoms with Crippen molar-refractivity contribution in [1.29, 1.82) is 0 Å². The maximum Gasteiger partial charge on any atom is 0.118 e. The lowest BCUT2D eigenvalue weighted by atomic mass is 9.75. The molecule has 3 heterocycles. The molecule has 6 rings (SSSR count). The number of aromatic nitrogens is 1. The number of fused-ring (bicyclic) bond motifs is 2. The minimum atomic E-state index is -0.741. The first-order valence-electron chi connectivity index (χ1n) is 12.8. The predicted octanol–water partition coefficient (Wildman–Crippen LogP) is 5.72. The normalized spacial score (nSPS) is 30.0. The SMILES string of the molecule is CC1=NC(C)(c2cccc(-c3ccc(C4(O)C5CCC4CN(Cc4ccccc4)C5)cc3)n2)C=C1. The van der Waals surface area contributed by atoms with Gasteiger partial charge in [-0.3, -0.25) is 9.89 Å². The molecular weight excluding hydrogens is 430 g/mol. The van der Waals surface area contributed by atoms with Gasteiger partial charge in [-0.1, -0.05) is 60.7 Å². The molecule has 2 aromatic carbocycles. The van der Waals surface area contributed by atoms with Crippen molar-refractivity contribution in [1.82, 2.24) is 9.88 Å². The standard InChI is InChI=1S/C31H33N3O/c1-22-17-18-30(2,33-22)29-10-6-9-28(32-29)24-11-13-25(14-12-24)31(35)26-15-16-27(31)21-34(20-26)19-23-7-4-3-5-8-23/h3-14,17-18,26-27,35H,15-16,19-21H2,1-2H3. The van der Waals surface area contributed by atoms with Crippen molar-refractivity contribution in [3.63, 3.8) is 0 Å². The fraction of sp³-hybridized carbons (Fsp3) is 0.355. The first-order chi connectivity index (χ1) is 16.9. The second-order valence-electron chi connectivity index (χ2n) is 10.7. The Morgan fingerprint density at radius 3 is 2.29 bits per heavy atom. The summed E-state index contributed by atoms with van der Waals surface area (Å²) in [7, 11) is 0. The van der Waals surface area contributed by atoms with Gasteiger partial charge in [0.15, 0.2) is 0 Å². The summed E-state index contributed by atoms with van der Waals surface area (Å²) in [6.07, 6.45) is 6.35. The van der Waals surface area contributed by atoms with Gasteiger partial charge in [-0.2, -0.15) is 0 Å². The van der Waals surface area contributed by atoms with Crippen LogP contribution in [-0.4, -0.2) is 33.8 Å². The molecular formula is C31H33N3O. The molecule has 2 bridgehead atoms. The van der Waals surface area contributed by atoms with Gasteiger partial charge in [-0.25, -0.2) is 4.98 Å². The molecule has 1 aliphatic carbocycles. The number of likely N-dealkylation sites (tertiary alicyclic amines) is 1. The number of nitrogens with zero attached hydrogens (tertiary/aromatic N) is 3. The highest BCUT2D eigenvalue weighted by Crippen LogP contribution is 2.51. The van der Waals surface area contributed by atoms with Crippen molar-refractivity contribution < 1.29 is 5.11 Å². The predicted molar refractivity (Wildman–Crippen MR) is 141 cm³/mol. The number of allylic oxidation sites excluding steroid dienone is 1. The van der Waals surface area contributed by atoms with Crippen molar-refractivity contribution in [3.8, 4) is 11.3 Å². The number of rotatable bonds is 5. The highest BCUT2D eigenvalue weighted by molar-refractivity contribution is 5.95. The Kier molecular flexibility index (Phi) is 5.46. The lowest BCUT2D eigenvalue weighted by Gasteiger charge is -2.45. The number of benzene rings is 2. The lowest BCUT2D eigenvalue weighted by molar-refractivity contribution is -0.0914. The minimum absolute atomic E-state index is 0.271. The third-order valence-corrected chi connectivity index (χ3v) is 8.28. The van der Waals surface area contributed by atoms with Crippen LogP contribution in [0.1, 0.15) is 43.5 Å². The van der Waals surface area contributed by atoms with E-state index in [0.717, 1.165) is 60.7 Å². The summed E-state index contributed by atoms with van der Waals surface area (Å²) in [6.45, 7) is 6.97. The third kappa shape index (κ3) is 3.95. The van der Waals surface area contributed by atoms with Gasteiger partial charge in [0, 0.05) is 42.7 Å². The second-order valence-corrected chi connectivity index (χ2v) is 10.7. The molecule has 2 fully saturated rings. The molecule has 1 saturated heterocycles. The summed E-state index contributed by atoms with van der Waals surface area (Å²) in [4.78, 5) is 12.3. The van der Waals surface area contributed by atoms with Crippen LogP contribution in [0.3, 0.4) is 0 Å². The average molecular weight is 464 g/mol. The van der Waals surface area contributed by atoms with Gasteiger partial charge in [0.2, 0.25) is 0 Å². The first kappa shape index (κ1) is 22.4. The van der Waals surface area contributed by atoms with Crippen LogP contribution in [-0.2, 0) is 17.7 Å². The molecule has 3 aromatic rings. The molecule has 1 N–H and O–H groups in total. The van der Waals surface area contributed by atoms with Gasteiger partial charge in [-0.05, 0) is 62.1 Å². The van der Waals surface area contributed by atoms with Gasteiger partial charge in [0.1, 0.15) is 5.54 Å². The van der Waals surface area contributed by atoms with E-state index in [2.05, 4.69) is 90.7 Å². The largest absolute Gasteiger partial charge is 0.384 e. The summed E-state index contributed by atoms with van der Waals surface area (Å²) in [5.74, 6) is 0.542. The summed E-state index contributed by atoms with van der Waals surface area (Å²) in [6, 6.07) is 25.3. The molecule has 0 spiro atoms. The maximum absolute atomic E-state index is 12.0. The van der Waals surface area contributed by atoms with Crippen LogP contribution in [0.25, 0.3) is 11.3 Å². The summed E-state index contributed by atoms with van der Waals surface area (Å²) in [5, 5.41) is 12.0. The van der Waals surface area contributed by atoms with Gasteiger partial charge in [-0.15, -0.1) is 0 Å². The van der Waals surface area contributed by atoms with E-state index in [1.165, 1.54) is 5.56 Å². The quantitative estimate of drug-likeness (QED) is 0.526. The summed E-state index contributed by atoms with van der Waals surface area (Å²) in [5.41, 5.74) is 5.25. The Hall–Kier alpha value is -3.08. The van der Waals surface area contributed by atoms with Crippen LogP contribution in [0.5, 0.6) is 0 Å². The van der Waals surface area contributed by atoms with Crippen LogP contribution in [0.2, 0.25) is 0 Å². The number of aliphatic hydroxyl groups is 1. The first-order valence-corrected chi connectivity index (χ1v) is 12.8. The van der Waals surface area contributed by atoms with Crippen LogP contribution < -0.4 is 0 Å². The summed E-state index contributed by atoms with van der Waals surface area (Å²) >= 11 is 0. The molecule has 0 radical (unpaired) electrons. The van der Waals surface area contributed by atoms with Crippen LogP contribution in [0, 0.1) is 11.8 Å². The second kappa shape index (κ2) is 8.54. The van der Waals surface area contributed by atoms with Crippen molar-refractivity contribution in [2.45, 2.75) is 44.4 Å². The Morgan fingerprint density at radius 2 is 1.63 bits per heavy atom. The van der Waals surface area contributed by atoms with Gasteiger partial charge < -0.3 is 5.11 Å². The van der Waals surface area contributed by atoms with E-state index in [1.807, 2.05) is 13.0 Å². The van der Waals surface area contributed by atoms with E-state index in [1.54, 1.807) is 0 Å². The zero-order valence-electron chi connectivity index (χ0n) is 20.6. The molecule has 0 amide bonds. The van der Waals surface area contributed by atoms with Gasteiger partial charge in [0.05, 0.1) is 17.0 Å². The lowest BCUT2D eigenvalue weighted by Crippen LogP contribution is -2.51. The van der Waals surface area contributed by atoms with E-state index >= 15 is 0 Å². The molecule has 3 unspecified atom stereocenters. The number of aliphatic imine (C=N–C) groups is 1. The maximum atomic E-state index is 12.0. The molecule has 1 aromatic heterocycles. The molecule has 1 saturated carbocycles. The molecule has 4 heteroatoms. The Balaban J connectivity index is 1.22. The van der Waals surface area contributed by atoms with E-state index in [-0.39, 0.29) is 11.8 Å². The van der Waals surface area contributed by atoms with Crippen LogP contribution in [0.15, 0.2) is 89.9 Å². The zero-order valence-corrected chi connectivity index (χ0v) is 20.6. The van der Waals surface area contributed by atoms with Crippen molar-refractivity contribution >= 4 is 5.71 Å². The molecule has 178 valence electrons. The highest BCUT2D eigenvalue weighted by Gasteiger charge is 2.53. The van der Waals surface area contributed by atoms with Crippen molar-refractivity contribution in [2.24, 2.45) is 16.8 Å².